The molecule has 0 saturated carbocycles. The molecule has 2 heterocycles. The van der Waals surface area contributed by atoms with Gasteiger partial charge in [0.1, 0.15) is 11.4 Å². The first-order valence-electron chi connectivity index (χ1n) is 12.8. The quantitative estimate of drug-likeness (QED) is 0.333. The van der Waals surface area contributed by atoms with E-state index < -0.39 is 0 Å². The van der Waals surface area contributed by atoms with E-state index in [4.69, 9.17) is 9.84 Å². The largest absolute Gasteiger partial charge is 0.376 e. The van der Waals surface area contributed by atoms with Crippen molar-refractivity contribution < 1.29 is 14.3 Å². The van der Waals surface area contributed by atoms with Gasteiger partial charge < -0.3 is 15.4 Å². The van der Waals surface area contributed by atoms with Crippen LogP contribution in [0.2, 0.25) is 0 Å². The SMILES string of the molecule is Cc1ccc(C(=O)N/C(=C\c2cn(-c3ccccc3)nc2-c2ccccc2)C(=O)NC[C@@H]2CCCO2)cc1. The van der Waals surface area contributed by atoms with Crippen LogP contribution in [0, 0.1) is 6.92 Å². The van der Waals surface area contributed by atoms with E-state index in [0.29, 0.717) is 30.0 Å². The molecule has 0 radical (unpaired) electrons. The lowest BCUT2D eigenvalue weighted by Crippen LogP contribution is -2.38. The van der Waals surface area contributed by atoms with Crippen LogP contribution in [-0.4, -0.2) is 40.9 Å². The second-order valence-corrected chi connectivity index (χ2v) is 9.30. The molecule has 5 rings (SSSR count). The van der Waals surface area contributed by atoms with E-state index in [9.17, 15) is 9.59 Å². The molecule has 0 aliphatic carbocycles. The highest BCUT2D eigenvalue weighted by Gasteiger charge is 2.21. The third-order valence-electron chi connectivity index (χ3n) is 6.43. The number of carbonyl (C=O) groups is 2. The molecule has 2 N–H and O–H groups in total. The zero-order chi connectivity index (χ0) is 26.3. The van der Waals surface area contributed by atoms with E-state index in [1.165, 1.54) is 0 Å². The Balaban J connectivity index is 1.52. The first kappa shape index (κ1) is 25.2. The van der Waals surface area contributed by atoms with Gasteiger partial charge in [0, 0.05) is 36.0 Å². The maximum atomic E-state index is 13.4. The van der Waals surface area contributed by atoms with Gasteiger partial charge in [0.05, 0.1) is 11.8 Å². The third-order valence-corrected chi connectivity index (χ3v) is 6.43. The van der Waals surface area contributed by atoms with Gasteiger partial charge in [-0.2, -0.15) is 5.10 Å². The van der Waals surface area contributed by atoms with Crippen LogP contribution in [0.1, 0.15) is 34.3 Å². The summed E-state index contributed by atoms with van der Waals surface area (Å²) in [7, 11) is 0. The number of carbonyl (C=O) groups excluding carboxylic acids is 2. The van der Waals surface area contributed by atoms with Crippen molar-refractivity contribution in [1.82, 2.24) is 20.4 Å². The molecule has 0 unspecified atom stereocenters. The average Bonchev–Trinajstić information content (AvgIpc) is 3.63. The van der Waals surface area contributed by atoms with E-state index in [0.717, 1.165) is 29.7 Å². The van der Waals surface area contributed by atoms with Crippen LogP contribution in [0.5, 0.6) is 0 Å². The maximum absolute atomic E-state index is 13.4. The van der Waals surface area contributed by atoms with Crippen LogP contribution < -0.4 is 10.6 Å². The van der Waals surface area contributed by atoms with Crippen LogP contribution >= 0.6 is 0 Å². The second-order valence-electron chi connectivity index (χ2n) is 9.30. The normalized spacial score (nSPS) is 15.3. The van der Waals surface area contributed by atoms with Crippen molar-refractivity contribution in [2.24, 2.45) is 0 Å². The summed E-state index contributed by atoms with van der Waals surface area (Å²) in [6, 6.07) is 26.8. The minimum atomic E-state index is -0.382. The molecule has 1 aromatic heterocycles. The summed E-state index contributed by atoms with van der Waals surface area (Å²) in [6.07, 6.45) is 5.41. The van der Waals surface area contributed by atoms with Crippen molar-refractivity contribution in [1.29, 1.82) is 0 Å². The predicted octanol–water partition coefficient (Wildman–Crippen LogP) is 4.91. The molecule has 3 aromatic carbocycles. The topological polar surface area (TPSA) is 85.2 Å². The number of nitrogens with one attached hydrogen (secondary N) is 2. The standard InChI is InChI=1S/C31H30N4O3/c1-22-14-16-24(17-15-22)30(36)33-28(31(37)32-20-27-13-8-18-38-27)19-25-21-35(26-11-6-3-7-12-26)34-29(25)23-9-4-2-5-10-23/h2-7,9-12,14-17,19,21,27H,8,13,18,20H2,1H3,(H,32,37)(H,33,36)/b28-19-/t27-/m0/s1. The number of ether oxygens (including phenoxy) is 1. The number of nitrogens with zero attached hydrogens (tertiary/aromatic N) is 2. The zero-order valence-corrected chi connectivity index (χ0v) is 21.3. The minimum absolute atomic E-state index is 0.0197. The van der Waals surface area contributed by atoms with E-state index in [2.05, 4.69) is 10.6 Å². The van der Waals surface area contributed by atoms with Crippen molar-refractivity contribution in [3.05, 3.63) is 114 Å². The highest BCUT2D eigenvalue weighted by molar-refractivity contribution is 6.05. The average molecular weight is 507 g/mol. The fourth-order valence-electron chi connectivity index (χ4n) is 4.35. The van der Waals surface area contributed by atoms with Gasteiger partial charge in [0.2, 0.25) is 0 Å². The number of rotatable bonds is 8. The summed E-state index contributed by atoms with van der Waals surface area (Å²) in [5.74, 6) is -0.743. The summed E-state index contributed by atoms with van der Waals surface area (Å²) in [5.41, 5.74) is 4.84. The Bertz CT molecular complexity index is 1420. The van der Waals surface area contributed by atoms with Crippen LogP contribution in [0.3, 0.4) is 0 Å². The smallest absolute Gasteiger partial charge is 0.267 e. The van der Waals surface area contributed by atoms with Crippen molar-refractivity contribution >= 4 is 17.9 Å². The van der Waals surface area contributed by atoms with Crippen molar-refractivity contribution in [2.45, 2.75) is 25.9 Å². The number of benzene rings is 3. The van der Waals surface area contributed by atoms with Crippen molar-refractivity contribution in [3.63, 3.8) is 0 Å². The summed E-state index contributed by atoms with van der Waals surface area (Å²) in [6.45, 7) is 3.04. The summed E-state index contributed by atoms with van der Waals surface area (Å²) < 4.78 is 7.43. The number of para-hydroxylation sites is 1. The Hall–Kier alpha value is -4.49. The number of amides is 2. The monoisotopic (exact) mass is 506 g/mol. The molecule has 1 fully saturated rings. The number of hydrogen-bond donors (Lipinski definition) is 2. The molecule has 1 aliphatic rings. The molecule has 7 heteroatoms. The van der Waals surface area contributed by atoms with Gasteiger partial charge in [-0.25, -0.2) is 4.68 Å². The Morgan fingerprint density at radius 2 is 1.71 bits per heavy atom. The Morgan fingerprint density at radius 1 is 1.00 bits per heavy atom. The molecule has 1 aliphatic heterocycles. The van der Waals surface area contributed by atoms with Crippen LogP contribution in [0.15, 0.2) is 96.8 Å². The molecule has 38 heavy (non-hydrogen) atoms. The van der Waals surface area contributed by atoms with Gasteiger partial charge in [-0.1, -0.05) is 66.2 Å². The molecule has 2 amide bonds. The lowest BCUT2D eigenvalue weighted by Gasteiger charge is -2.14. The van der Waals surface area contributed by atoms with Gasteiger partial charge in [-0.15, -0.1) is 0 Å². The fraction of sp³-hybridized carbons (Fsp3) is 0.194. The first-order chi connectivity index (χ1) is 18.6. The second kappa shape index (κ2) is 11.7. The van der Waals surface area contributed by atoms with E-state index in [1.807, 2.05) is 85.9 Å². The van der Waals surface area contributed by atoms with Crippen molar-refractivity contribution in [2.75, 3.05) is 13.2 Å². The summed E-state index contributed by atoms with van der Waals surface area (Å²) >= 11 is 0. The van der Waals surface area contributed by atoms with Crippen LogP contribution in [0.25, 0.3) is 23.0 Å². The molecule has 0 bridgehead atoms. The molecule has 0 spiro atoms. The molecular weight excluding hydrogens is 476 g/mol. The number of aromatic nitrogens is 2. The Morgan fingerprint density at radius 3 is 2.39 bits per heavy atom. The minimum Gasteiger partial charge on any atom is -0.376 e. The first-order valence-corrected chi connectivity index (χ1v) is 12.8. The van der Waals surface area contributed by atoms with Gasteiger partial charge in [-0.3, -0.25) is 9.59 Å². The van der Waals surface area contributed by atoms with E-state index >= 15 is 0 Å². The Labute approximate surface area is 222 Å². The molecule has 1 saturated heterocycles. The van der Waals surface area contributed by atoms with Gasteiger partial charge in [0.15, 0.2) is 0 Å². The van der Waals surface area contributed by atoms with Gasteiger partial charge in [0.25, 0.3) is 11.8 Å². The third kappa shape index (κ3) is 6.07. The van der Waals surface area contributed by atoms with Crippen LogP contribution in [0.4, 0.5) is 0 Å². The lowest BCUT2D eigenvalue weighted by atomic mass is 10.1. The molecule has 4 aromatic rings. The highest BCUT2D eigenvalue weighted by atomic mass is 16.5. The highest BCUT2D eigenvalue weighted by Crippen LogP contribution is 2.25. The van der Waals surface area contributed by atoms with E-state index in [-0.39, 0.29) is 23.6 Å². The van der Waals surface area contributed by atoms with Gasteiger partial charge >= 0.3 is 0 Å². The molecular formula is C31H30N4O3. The molecule has 192 valence electrons. The molecule has 1 atom stereocenters. The lowest BCUT2D eigenvalue weighted by molar-refractivity contribution is -0.118. The fourth-order valence-corrected chi connectivity index (χ4v) is 4.35. The van der Waals surface area contributed by atoms with E-state index in [1.54, 1.807) is 22.9 Å². The number of hydrogen-bond acceptors (Lipinski definition) is 4. The van der Waals surface area contributed by atoms with Crippen LogP contribution in [-0.2, 0) is 9.53 Å². The molecule has 7 nitrogen and oxygen atoms in total. The van der Waals surface area contributed by atoms with Crippen molar-refractivity contribution in [3.8, 4) is 16.9 Å². The summed E-state index contributed by atoms with van der Waals surface area (Å²) in [5, 5.41) is 10.6. The zero-order valence-electron chi connectivity index (χ0n) is 21.3. The predicted molar refractivity (Wildman–Crippen MR) is 148 cm³/mol. The summed E-state index contributed by atoms with van der Waals surface area (Å²) in [4.78, 5) is 26.5. The Kier molecular flexibility index (Phi) is 7.75. The van der Waals surface area contributed by atoms with Gasteiger partial charge in [-0.05, 0) is 50.1 Å². The maximum Gasteiger partial charge on any atom is 0.267 e. The number of aryl methyl sites for hydroxylation is 1.